The normalized spacial score (nSPS) is 16.6. The highest BCUT2D eigenvalue weighted by atomic mass is 35.5. The zero-order chi connectivity index (χ0) is 16.6. The Hall–Kier alpha value is -1.69. The van der Waals surface area contributed by atoms with Crippen LogP contribution in [0.1, 0.15) is 11.1 Å². The highest BCUT2D eigenvalue weighted by molar-refractivity contribution is 8.26. The molecule has 2 heterocycles. The molecule has 6 heteroatoms. The van der Waals surface area contributed by atoms with E-state index >= 15 is 0 Å². The molecule has 0 N–H and O–H groups in total. The van der Waals surface area contributed by atoms with Crippen molar-refractivity contribution in [3.63, 3.8) is 0 Å². The molecule has 116 valence electrons. The molecule has 0 bridgehead atoms. The van der Waals surface area contributed by atoms with Crippen molar-refractivity contribution in [2.75, 3.05) is 6.54 Å². The topological polar surface area (TPSA) is 33.2 Å². The molecular weight excluding hydrogens is 348 g/mol. The summed E-state index contributed by atoms with van der Waals surface area (Å²) in [6.45, 7) is 6.06. The Labute approximate surface area is 149 Å². The molecule has 3 nitrogen and oxygen atoms in total. The largest absolute Gasteiger partial charge is 0.289 e. The number of aryl methyl sites for hydroxylation is 1. The van der Waals surface area contributed by atoms with Gasteiger partial charge in [0.2, 0.25) is 0 Å². The zero-order valence-corrected chi connectivity index (χ0v) is 14.8. The SMILES string of the molecule is C=CCN1C(=O)/C(=C/c2cc3ccc(C)cc3nc2Cl)SC1=S. The summed E-state index contributed by atoms with van der Waals surface area (Å²) in [7, 11) is 0. The number of pyridine rings is 1. The first kappa shape index (κ1) is 16.2. The summed E-state index contributed by atoms with van der Waals surface area (Å²) >= 11 is 12.8. The number of benzene rings is 1. The number of thioether (sulfide) groups is 1. The van der Waals surface area contributed by atoms with Gasteiger partial charge >= 0.3 is 0 Å². The second kappa shape index (κ2) is 6.43. The van der Waals surface area contributed by atoms with Crippen LogP contribution >= 0.6 is 35.6 Å². The van der Waals surface area contributed by atoms with E-state index in [2.05, 4.69) is 11.6 Å². The lowest BCUT2D eigenvalue weighted by molar-refractivity contribution is -0.121. The van der Waals surface area contributed by atoms with Crippen molar-refractivity contribution in [2.24, 2.45) is 0 Å². The molecule has 1 aromatic heterocycles. The van der Waals surface area contributed by atoms with Crippen LogP contribution < -0.4 is 0 Å². The van der Waals surface area contributed by atoms with E-state index in [1.54, 1.807) is 12.2 Å². The number of aromatic nitrogens is 1. The standard InChI is InChI=1S/C17H13ClN2OS2/c1-3-6-20-16(21)14(23-17(20)22)9-12-8-11-5-4-10(2)7-13(11)19-15(12)18/h3-5,7-9H,1,6H2,2H3/b14-9-. The number of fused-ring (bicyclic) bond motifs is 1. The molecule has 23 heavy (non-hydrogen) atoms. The Morgan fingerprint density at radius 1 is 1.43 bits per heavy atom. The summed E-state index contributed by atoms with van der Waals surface area (Å²) in [4.78, 5) is 18.8. The number of nitrogens with zero attached hydrogens (tertiary/aromatic N) is 2. The van der Waals surface area contributed by atoms with Crippen LogP contribution in [0.2, 0.25) is 5.15 Å². The van der Waals surface area contributed by atoms with Crippen LogP contribution in [0, 0.1) is 6.92 Å². The van der Waals surface area contributed by atoms with Crippen LogP contribution in [0.25, 0.3) is 17.0 Å². The van der Waals surface area contributed by atoms with Crippen LogP contribution in [0.4, 0.5) is 0 Å². The first-order valence-corrected chi connectivity index (χ1v) is 8.53. The van der Waals surface area contributed by atoms with Gasteiger partial charge in [-0.1, -0.05) is 53.8 Å². The Kier molecular flexibility index (Phi) is 4.53. The van der Waals surface area contributed by atoms with Gasteiger partial charge in [-0.05, 0) is 30.7 Å². The summed E-state index contributed by atoms with van der Waals surface area (Å²) in [5, 5.41) is 1.35. The Balaban J connectivity index is 2.02. The summed E-state index contributed by atoms with van der Waals surface area (Å²) in [6, 6.07) is 7.93. The summed E-state index contributed by atoms with van der Waals surface area (Å²) in [5.74, 6) is -0.125. The number of hydrogen-bond acceptors (Lipinski definition) is 4. The van der Waals surface area contributed by atoms with Gasteiger partial charge in [-0.25, -0.2) is 4.98 Å². The van der Waals surface area contributed by atoms with E-state index in [1.165, 1.54) is 16.7 Å². The molecule has 1 aliphatic rings. The van der Waals surface area contributed by atoms with Crippen molar-refractivity contribution in [1.82, 2.24) is 9.88 Å². The van der Waals surface area contributed by atoms with E-state index in [0.29, 0.717) is 26.5 Å². The second-order valence-corrected chi connectivity index (χ2v) is 7.18. The van der Waals surface area contributed by atoms with Gasteiger partial charge in [-0.15, -0.1) is 6.58 Å². The lowest BCUT2D eigenvalue weighted by Crippen LogP contribution is -2.27. The van der Waals surface area contributed by atoms with Gasteiger partial charge in [0.05, 0.1) is 10.4 Å². The van der Waals surface area contributed by atoms with Crippen molar-refractivity contribution in [3.8, 4) is 0 Å². The Morgan fingerprint density at radius 3 is 2.96 bits per heavy atom. The number of carbonyl (C=O) groups excluding carboxylic acids is 1. The lowest BCUT2D eigenvalue weighted by Gasteiger charge is -2.10. The average molecular weight is 361 g/mol. The molecule has 1 aliphatic heterocycles. The predicted octanol–water partition coefficient (Wildman–Crippen LogP) is 4.58. The molecule has 1 aromatic carbocycles. The fourth-order valence-corrected chi connectivity index (χ4v) is 3.77. The third-order valence-electron chi connectivity index (χ3n) is 3.43. The molecule has 0 spiro atoms. The summed E-state index contributed by atoms with van der Waals surface area (Å²) in [6.07, 6.45) is 3.40. The molecule has 1 fully saturated rings. The van der Waals surface area contributed by atoms with Gasteiger partial charge < -0.3 is 0 Å². The highest BCUT2D eigenvalue weighted by Gasteiger charge is 2.31. The van der Waals surface area contributed by atoms with Gasteiger partial charge in [0, 0.05) is 17.5 Å². The molecule has 0 unspecified atom stereocenters. The fraction of sp³-hybridized carbons (Fsp3) is 0.118. The number of hydrogen-bond donors (Lipinski definition) is 0. The quantitative estimate of drug-likeness (QED) is 0.347. The van der Waals surface area contributed by atoms with E-state index in [0.717, 1.165) is 16.5 Å². The van der Waals surface area contributed by atoms with Crippen LogP contribution in [0.5, 0.6) is 0 Å². The second-order valence-electron chi connectivity index (χ2n) is 5.15. The Morgan fingerprint density at radius 2 is 2.22 bits per heavy atom. The smallest absolute Gasteiger partial charge is 0.266 e. The number of carbonyl (C=O) groups is 1. The Bertz CT molecular complexity index is 876. The molecule has 2 aromatic rings. The molecule has 0 aliphatic carbocycles. The molecule has 1 saturated heterocycles. The van der Waals surface area contributed by atoms with Gasteiger partial charge in [0.15, 0.2) is 0 Å². The maximum absolute atomic E-state index is 12.4. The first-order chi connectivity index (χ1) is 11.0. The van der Waals surface area contributed by atoms with E-state index in [4.69, 9.17) is 23.8 Å². The van der Waals surface area contributed by atoms with E-state index in [1.807, 2.05) is 31.2 Å². The van der Waals surface area contributed by atoms with Gasteiger partial charge in [-0.2, -0.15) is 0 Å². The van der Waals surface area contributed by atoms with Crippen molar-refractivity contribution in [2.45, 2.75) is 6.92 Å². The summed E-state index contributed by atoms with van der Waals surface area (Å²) < 4.78 is 0.529. The molecule has 0 radical (unpaired) electrons. The lowest BCUT2D eigenvalue weighted by atomic mass is 10.1. The maximum Gasteiger partial charge on any atom is 0.266 e. The van der Waals surface area contributed by atoms with Crippen LogP contribution in [-0.4, -0.2) is 26.7 Å². The number of rotatable bonds is 3. The molecule has 0 atom stereocenters. The van der Waals surface area contributed by atoms with Crippen molar-refractivity contribution in [1.29, 1.82) is 0 Å². The van der Waals surface area contributed by atoms with Crippen molar-refractivity contribution in [3.05, 3.63) is 58.1 Å². The number of thiocarbonyl (C=S) groups is 1. The minimum atomic E-state index is -0.125. The minimum absolute atomic E-state index is 0.125. The molecule has 0 saturated carbocycles. The highest BCUT2D eigenvalue weighted by Crippen LogP contribution is 2.34. The van der Waals surface area contributed by atoms with Crippen LogP contribution in [0.15, 0.2) is 41.8 Å². The number of halogens is 1. The first-order valence-electron chi connectivity index (χ1n) is 6.93. The maximum atomic E-state index is 12.4. The van der Waals surface area contributed by atoms with Crippen LogP contribution in [-0.2, 0) is 4.79 Å². The van der Waals surface area contributed by atoms with Crippen LogP contribution in [0.3, 0.4) is 0 Å². The van der Waals surface area contributed by atoms with Crippen molar-refractivity contribution < 1.29 is 4.79 Å². The monoisotopic (exact) mass is 360 g/mol. The van der Waals surface area contributed by atoms with Gasteiger partial charge in [-0.3, -0.25) is 9.69 Å². The zero-order valence-electron chi connectivity index (χ0n) is 12.4. The van der Waals surface area contributed by atoms with E-state index in [9.17, 15) is 4.79 Å². The third kappa shape index (κ3) is 3.17. The molecule has 1 amide bonds. The van der Waals surface area contributed by atoms with Gasteiger partial charge in [0.25, 0.3) is 5.91 Å². The van der Waals surface area contributed by atoms with Crippen molar-refractivity contribution >= 4 is 62.8 Å². The predicted molar refractivity (Wildman–Crippen MR) is 102 cm³/mol. The summed E-state index contributed by atoms with van der Waals surface area (Å²) in [5.41, 5.74) is 2.67. The minimum Gasteiger partial charge on any atom is -0.289 e. The molecule has 3 rings (SSSR count). The molecular formula is C17H13ClN2OS2. The van der Waals surface area contributed by atoms with E-state index < -0.39 is 0 Å². The fourth-order valence-electron chi connectivity index (χ4n) is 2.30. The number of amides is 1. The van der Waals surface area contributed by atoms with E-state index in [-0.39, 0.29) is 5.91 Å². The third-order valence-corrected chi connectivity index (χ3v) is 5.11. The van der Waals surface area contributed by atoms with Gasteiger partial charge in [0.1, 0.15) is 9.47 Å². The average Bonchev–Trinajstić information content (AvgIpc) is 2.76.